The van der Waals surface area contributed by atoms with Crippen molar-refractivity contribution in [3.63, 3.8) is 0 Å². The van der Waals surface area contributed by atoms with E-state index in [1.807, 2.05) is 0 Å². The Kier molecular flexibility index (Phi) is 4.56. The summed E-state index contributed by atoms with van der Waals surface area (Å²) in [5.41, 5.74) is 0. The van der Waals surface area contributed by atoms with Crippen LogP contribution in [-0.4, -0.2) is 51.6 Å². The first kappa shape index (κ1) is 11.8. The van der Waals surface area contributed by atoms with Crippen LogP contribution in [0.4, 0.5) is 0 Å². The Bertz CT molecular complexity index is 222. The summed E-state index contributed by atoms with van der Waals surface area (Å²) in [4.78, 5) is 11.5. The van der Waals surface area contributed by atoms with Gasteiger partial charge >= 0.3 is 5.97 Å². The molecule has 0 bridgehead atoms. The highest BCUT2D eigenvalue weighted by Gasteiger charge is 2.21. The minimum Gasteiger partial charge on any atom is -0.465 e. The lowest BCUT2D eigenvalue weighted by Crippen LogP contribution is -2.39. The van der Waals surface area contributed by atoms with Crippen molar-refractivity contribution in [2.24, 2.45) is 5.92 Å². The first-order valence-corrected chi connectivity index (χ1v) is 5.90. The zero-order valence-electron chi connectivity index (χ0n) is 9.44. The number of carbonyl (C=O) groups excluding carboxylic acids is 1. The van der Waals surface area contributed by atoms with Crippen molar-refractivity contribution in [3.05, 3.63) is 0 Å². The van der Waals surface area contributed by atoms with Gasteiger partial charge in [-0.25, -0.2) is 0 Å². The molecule has 0 aromatic rings. The van der Waals surface area contributed by atoms with Crippen LogP contribution in [-0.2, 0) is 19.0 Å². The van der Waals surface area contributed by atoms with Crippen molar-refractivity contribution in [3.8, 4) is 0 Å². The summed E-state index contributed by atoms with van der Waals surface area (Å²) in [6.45, 7) is 4.27. The predicted octanol–water partition coefficient (Wildman–Crippen LogP) is -0.0554. The number of ether oxygens (including phenoxy) is 3. The van der Waals surface area contributed by atoms with Crippen LogP contribution in [0.5, 0.6) is 0 Å². The van der Waals surface area contributed by atoms with Gasteiger partial charge in [-0.05, 0) is 6.42 Å². The van der Waals surface area contributed by atoms with Crippen molar-refractivity contribution in [1.82, 2.24) is 5.32 Å². The third-order valence-electron chi connectivity index (χ3n) is 2.90. The third-order valence-corrected chi connectivity index (χ3v) is 2.90. The lowest BCUT2D eigenvalue weighted by Gasteiger charge is -2.22. The van der Waals surface area contributed by atoms with Gasteiger partial charge in [-0.1, -0.05) is 0 Å². The molecule has 92 valence electrons. The summed E-state index contributed by atoms with van der Waals surface area (Å²) < 4.78 is 15.8. The fourth-order valence-electron chi connectivity index (χ4n) is 1.92. The van der Waals surface area contributed by atoms with E-state index in [4.69, 9.17) is 14.2 Å². The highest BCUT2D eigenvalue weighted by atomic mass is 16.5. The fourth-order valence-corrected chi connectivity index (χ4v) is 1.92. The summed E-state index contributed by atoms with van der Waals surface area (Å²) in [6, 6.07) is 0. The second-order valence-corrected chi connectivity index (χ2v) is 4.31. The van der Waals surface area contributed by atoms with E-state index < -0.39 is 0 Å². The van der Waals surface area contributed by atoms with Crippen LogP contribution in [0.3, 0.4) is 0 Å². The summed E-state index contributed by atoms with van der Waals surface area (Å²) in [5.74, 6) is 0.218. The van der Waals surface area contributed by atoms with Gasteiger partial charge in [0, 0.05) is 25.6 Å². The highest BCUT2D eigenvalue weighted by Crippen LogP contribution is 2.13. The van der Waals surface area contributed by atoms with E-state index in [0.29, 0.717) is 25.6 Å². The van der Waals surface area contributed by atoms with Gasteiger partial charge in [0.2, 0.25) is 0 Å². The van der Waals surface area contributed by atoms with Crippen molar-refractivity contribution >= 4 is 5.97 Å². The van der Waals surface area contributed by atoms with E-state index >= 15 is 0 Å². The molecular weight excluding hydrogens is 210 g/mol. The molecule has 0 aromatic carbocycles. The van der Waals surface area contributed by atoms with Gasteiger partial charge < -0.3 is 19.5 Å². The number of rotatable bonds is 4. The maximum atomic E-state index is 11.5. The zero-order valence-corrected chi connectivity index (χ0v) is 9.44. The summed E-state index contributed by atoms with van der Waals surface area (Å²) in [7, 11) is 0. The van der Waals surface area contributed by atoms with Crippen molar-refractivity contribution < 1.29 is 19.0 Å². The molecule has 2 fully saturated rings. The Balaban J connectivity index is 1.59. The Morgan fingerprint density at radius 1 is 1.44 bits per heavy atom. The number of morpholine rings is 1. The van der Waals surface area contributed by atoms with Gasteiger partial charge in [0.1, 0.15) is 0 Å². The molecule has 16 heavy (non-hydrogen) atoms. The molecule has 0 spiro atoms. The van der Waals surface area contributed by atoms with Gasteiger partial charge in [-0.15, -0.1) is 0 Å². The molecule has 1 N–H and O–H groups in total. The SMILES string of the molecule is O=C(CC1CNCCO1)OCC1CCOC1. The number of hydrogen-bond acceptors (Lipinski definition) is 5. The topological polar surface area (TPSA) is 56.8 Å². The Morgan fingerprint density at radius 2 is 2.38 bits per heavy atom. The first-order chi connectivity index (χ1) is 7.84. The number of carbonyl (C=O) groups is 1. The molecule has 0 saturated carbocycles. The first-order valence-electron chi connectivity index (χ1n) is 5.90. The second kappa shape index (κ2) is 6.18. The Labute approximate surface area is 95.4 Å². The molecule has 5 heteroatoms. The largest absolute Gasteiger partial charge is 0.465 e. The van der Waals surface area contributed by atoms with Gasteiger partial charge in [-0.3, -0.25) is 4.79 Å². The quantitative estimate of drug-likeness (QED) is 0.685. The number of hydrogen-bond donors (Lipinski definition) is 1. The van der Waals surface area contributed by atoms with E-state index in [0.717, 1.165) is 32.7 Å². The summed E-state index contributed by atoms with van der Waals surface area (Å²) >= 11 is 0. The zero-order chi connectivity index (χ0) is 11.2. The molecular formula is C11H19NO4. The van der Waals surface area contributed by atoms with Crippen LogP contribution in [0.1, 0.15) is 12.8 Å². The van der Waals surface area contributed by atoms with Crippen molar-refractivity contribution in [1.29, 1.82) is 0 Å². The molecule has 0 aromatic heterocycles. The van der Waals surface area contributed by atoms with Crippen LogP contribution in [0.25, 0.3) is 0 Å². The average Bonchev–Trinajstić information content (AvgIpc) is 2.81. The molecule has 2 heterocycles. The fraction of sp³-hybridized carbons (Fsp3) is 0.909. The van der Waals surface area contributed by atoms with E-state index in [1.54, 1.807) is 0 Å². The minimum atomic E-state index is -0.166. The maximum absolute atomic E-state index is 11.5. The monoisotopic (exact) mass is 229 g/mol. The van der Waals surface area contributed by atoms with Crippen LogP contribution in [0.15, 0.2) is 0 Å². The van der Waals surface area contributed by atoms with Crippen molar-refractivity contribution in [2.45, 2.75) is 18.9 Å². The van der Waals surface area contributed by atoms with Crippen molar-refractivity contribution in [2.75, 3.05) is 39.5 Å². The number of nitrogens with one attached hydrogen (secondary N) is 1. The summed E-state index contributed by atoms with van der Waals surface area (Å²) in [5, 5.41) is 3.18. The molecule has 0 aliphatic carbocycles. The van der Waals surface area contributed by atoms with Crippen LogP contribution >= 0.6 is 0 Å². The second-order valence-electron chi connectivity index (χ2n) is 4.31. The van der Waals surface area contributed by atoms with Crippen LogP contribution in [0.2, 0.25) is 0 Å². The highest BCUT2D eigenvalue weighted by molar-refractivity contribution is 5.70. The molecule has 2 aliphatic heterocycles. The number of esters is 1. The maximum Gasteiger partial charge on any atom is 0.308 e. The summed E-state index contributed by atoms with van der Waals surface area (Å²) in [6.07, 6.45) is 1.32. The standard InChI is InChI=1S/C11H19NO4/c13-11(5-10-6-12-2-4-15-10)16-8-9-1-3-14-7-9/h9-10,12H,1-8H2. The lowest BCUT2D eigenvalue weighted by molar-refractivity contribution is -0.148. The van der Waals surface area contributed by atoms with Gasteiger partial charge in [-0.2, -0.15) is 0 Å². The Hall–Kier alpha value is -0.650. The van der Waals surface area contributed by atoms with Crippen LogP contribution < -0.4 is 5.32 Å². The normalized spacial score (nSPS) is 30.2. The molecule has 2 rings (SSSR count). The molecule has 2 unspecified atom stereocenters. The van der Waals surface area contributed by atoms with Crippen LogP contribution in [0, 0.1) is 5.92 Å². The predicted molar refractivity (Wildman–Crippen MR) is 57.1 cm³/mol. The molecule has 2 atom stereocenters. The molecule has 2 aliphatic rings. The van der Waals surface area contributed by atoms with E-state index in [1.165, 1.54) is 0 Å². The molecule has 5 nitrogen and oxygen atoms in total. The smallest absolute Gasteiger partial charge is 0.308 e. The van der Waals surface area contributed by atoms with Gasteiger partial charge in [0.15, 0.2) is 0 Å². The molecule has 0 amide bonds. The van der Waals surface area contributed by atoms with E-state index in [-0.39, 0.29) is 12.1 Å². The molecule has 0 radical (unpaired) electrons. The van der Waals surface area contributed by atoms with E-state index in [2.05, 4.69) is 5.32 Å². The lowest BCUT2D eigenvalue weighted by atomic mass is 10.1. The van der Waals surface area contributed by atoms with Gasteiger partial charge in [0.25, 0.3) is 0 Å². The average molecular weight is 229 g/mol. The van der Waals surface area contributed by atoms with Gasteiger partial charge in [0.05, 0.1) is 32.3 Å². The molecule has 2 saturated heterocycles. The minimum absolute atomic E-state index is 0.0268. The third kappa shape index (κ3) is 3.73. The Morgan fingerprint density at radius 3 is 3.06 bits per heavy atom. The van der Waals surface area contributed by atoms with E-state index in [9.17, 15) is 4.79 Å².